The summed E-state index contributed by atoms with van der Waals surface area (Å²) in [7, 11) is 0. The van der Waals surface area contributed by atoms with Gasteiger partial charge in [0.25, 0.3) is 0 Å². The van der Waals surface area contributed by atoms with E-state index in [-0.39, 0.29) is 11.9 Å². The van der Waals surface area contributed by atoms with Crippen LogP contribution in [0.25, 0.3) is 0 Å². The number of thiazole rings is 1. The minimum Gasteiger partial charge on any atom is -0.370 e. The molecule has 0 radical (unpaired) electrons. The van der Waals surface area contributed by atoms with Crippen LogP contribution < -0.4 is 17.2 Å². The molecule has 1 aromatic heterocycles. The Morgan fingerprint density at radius 1 is 1.47 bits per heavy atom. The Balaban J connectivity index is 2.42. The highest BCUT2D eigenvalue weighted by molar-refractivity contribution is 7.09. The molecule has 0 bridgehead atoms. The minimum absolute atomic E-state index is 0.0821. The molecule has 0 atom stereocenters. The SMILES string of the molecule is Cc1csc(CCN=C(N)N=C(N)N)n1. The lowest BCUT2D eigenvalue weighted by Gasteiger charge is -1.94. The van der Waals surface area contributed by atoms with Crippen LogP contribution >= 0.6 is 11.3 Å². The number of rotatable bonds is 3. The van der Waals surface area contributed by atoms with Gasteiger partial charge in [-0.2, -0.15) is 4.99 Å². The number of aliphatic imine (C=N–C) groups is 2. The van der Waals surface area contributed by atoms with Gasteiger partial charge in [-0.3, -0.25) is 4.99 Å². The second-order valence-electron chi connectivity index (χ2n) is 2.91. The highest BCUT2D eigenvalue weighted by atomic mass is 32.1. The van der Waals surface area contributed by atoms with Crippen molar-refractivity contribution in [2.45, 2.75) is 13.3 Å². The summed E-state index contributed by atoms with van der Waals surface area (Å²) < 4.78 is 0. The molecular formula is C8H14N6S. The van der Waals surface area contributed by atoms with Gasteiger partial charge < -0.3 is 17.2 Å². The summed E-state index contributed by atoms with van der Waals surface area (Å²) >= 11 is 1.61. The van der Waals surface area contributed by atoms with E-state index in [1.807, 2.05) is 12.3 Å². The second kappa shape index (κ2) is 5.30. The van der Waals surface area contributed by atoms with Crippen molar-refractivity contribution in [2.24, 2.45) is 27.2 Å². The molecule has 6 N–H and O–H groups in total. The summed E-state index contributed by atoms with van der Waals surface area (Å²) in [5, 5.41) is 3.03. The Hall–Kier alpha value is -1.63. The summed E-state index contributed by atoms with van der Waals surface area (Å²) in [5.74, 6) is 0.0182. The maximum absolute atomic E-state index is 5.43. The Morgan fingerprint density at radius 3 is 2.73 bits per heavy atom. The molecule has 0 fully saturated rings. The van der Waals surface area contributed by atoms with Crippen LogP contribution in [0.4, 0.5) is 0 Å². The third-order valence-electron chi connectivity index (χ3n) is 1.51. The lowest BCUT2D eigenvalue weighted by molar-refractivity contribution is 0.940. The van der Waals surface area contributed by atoms with Gasteiger partial charge in [0.15, 0.2) is 5.96 Å². The van der Waals surface area contributed by atoms with Gasteiger partial charge in [0.2, 0.25) is 5.96 Å². The van der Waals surface area contributed by atoms with Gasteiger partial charge in [0.05, 0.1) is 5.01 Å². The number of nitrogens with two attached hydrogens (primary N) is 3. The van der Waals surface area contributed by atoms with E-state index in [4.69, 9.17) is 17.2 Å². The summed E-state index contributed by atoms with van der Waals surface area (Å²) in [6.07, 6.45) is 0.749. The molecular weight excluding hydrogens is 212 g/mol. The van der Waals surface area contributed by atoms with Crippen LogP contribution in [-0.4, -0.2) is 23.4 Å². The van der Waals surface area contributed by atoms with Gasteiger partial charge in [-0.25, -0.2) is 4.98 Å². The molecule has 6 nitrogen and oxygen atoms in total. The smallest absolute Gasteiger partial charge is 0.218 e. The van der Waals surface area contributed by atoms with Crippen molar-refractivity contribution in [3.05, 3.63) is 16.1 Å². The van der Waals surface area contributed by atoms with E-state index in [2.05, 4.69) is 15.0 Å². The molecule has 0 aliphatic rings. The number of aromatic nitrogens is 1. The third kappa shape index (κ3) is 4.41. The highest BCUT2D eigenvalue weighted by Crippen LogP contribution is 2.08. The Morgan fingerprint density at radius 2 is 2.20 bits per heavy atom. The van der Waals surface area contributed by atoms with Gasteiger partial charge >= 0.3 is 0 Å². The van der Waals surface area contributed by atoms with E-state index in [1.54, 1.807) is 11.3 Å². The summed E-state index contributed by atoms with van der Waals surface area (Å²) in [4.78, 5) is 11.9. The van der Waals surface area contributed by atoms with E-state index >= 15 is 0 Å². The zero-order chi connectivity index (χ0) is 11.3. The number of aryl methyl sites for hydroxylation is 1. The summed E-state index contributed by atoms with van der Waals surface area (Å²) in [5.41, 5.74) is 16.7. The van der Waals surface area contributed by atoms with Gasteiger partial charge in [-0.15, -0.1) is 11.3 Å². The van der Waals surface area contributed by atoms with E-state index in [0.29, 0.717) is 6.54 Å². The van der Waals surface area contributed by atoms with Crippen LogP contribution in [-0.2, 0) is 6.42 Å². The average molecular weight is 226 g/mol. The first-order valence-corrected chi connectivity index (χ1v) is 5.26. The maximum Gasteiger partial charge on any atom is 0.218 e. The van der Waals surface area contributed by atoms with Gasteiger partial charge in [-0.1, -0.05) is 0 Å². The van der Waals surface area contributed by atoms with Crippen molar-refractivity contribution in [1.82, 2.24) is 4.98 Å². The van der Waals surface area contributed by atoms with Crippen LogP contribution in [0.3, 0.4) is 0 Å². The monoisotopic (exact) mass is 226 g/mol. The van der Waals surface area contributed by atoms with E-state index in [0.717, 1.165) is 17.1 Å². The van der Waals surface area contributed by atoms with Crippen molar-refractivity contribution in [3.8, 4) is 0 Å². The molecule has 0 aromatic carbocycles. The fraction of sp³-hybridized carbons (Fsp3) is 0.375. The van der Waals surface area contributed by atoms with Crippen LogP contribution in [0.5, 0.6) is 0 Å². The molecule has 82 valence electrons. The Labute approximate surface area is 91.9 Å². The zero-order valence-corrected chi connectivity index (χ0v) is 9.29. The van der Waals surface area contributed by atoms with E-state index in [1.165, 1.54) is 0 Å². The average Bonchev–Trinajstić information content (AvgIpc) is 2.50. The molecule has 15 heavy (non-hydrogen) atoms. The Bertz CT molecular complexity index is 376. The standard InChI is InChI=1S/C8H14N6S/c1-5-4-15-6(13-5)2-3-12-8(11)14-7(9)10/h4H,2-3H2,1H3,(H6,9,10,11,12,14). The normalized spacial score (nSPS) is 11.4. The van der Waals surface area contributed by atoms with Crippen LogP contribution in [0, 0.1) is 6.92 Å². The largest absolute Gasteiger partial charge is 0.370 e. The lowest BCUT2D eigenvalue weighted by Crippen LogP contribution is -2.26. The fourth-order valence-electron chi connectivity index (χ4n) is 0.951. The topological polar surface area (TPSA) is 116 Å². The predicted molar refractivity (Wildman–Crippen MR) is 62.9 cm³/mol. The van der Waals surface area contributed by atoms with Gasteiger partial charge in [0, 0.05) is 24.0 Å². The first-order chi connectivity index (χ1) is 7.08. The molecule has 0 aliphatic heterocycles. The van der Waals surface area contributed by atoms with Crippen molar-refractivity contribution in [1.29, 1.82) is 0 Å². The van der Waals surface area contributed by atoms with Gasteiger partial charge in [-0.05, 0) is 6.92 Å². The molecule has 0 aliphatic carbocycles. The highest BCUT2D eigenvalue weighted by Gasteiger charge is 1.97. The molecule has 7 heteroatoms. The van der Waals surface area contributed by atoms with Crippen LogP contribution in [0.1, 0.15) is 10.7 Å². The molecule has 1 heterocycles. The number of hydrogen-bond acceptors (Lipinski definition) is 3. The molecule has 0 saturated carbocycles. The molecule has 0 unspecified atom stereocenters. The lowest BCUT2D eigenvalue weighted by atomic mass is 10.4. The zero-order valence-electron chi connectivity index (χ0n) is 8.47. The first kappa shape index (κ1) is 11.4. The number of guanidine groups is 2. The Kier molecular flexibility index (Phi) is 4.04. The summed E-state index contributed by atoms with van der Waals surface area (Å²) in [6, 6.07) is 0. The molecule has 1 aromatic rings. The quantitative estimate of drug-likeness (QED) is 0.479. The fourth-order valence-corrected chi connectivity index (χ4v) is 1.72. The molecule has 0 saturated heterocycles. The predicted octanol–water partition coefficient (Wildman–Crippen LogP) is -0.418. The molecule has 1 rings (SSSR count). The third-order valence-corrected chi connectivity index (χ3v) is 2.54. The van der Waals surface area contributed by atoms with E-state index < -0.39 is 0 Å². The minimum atomic E-state index is -0.0821. The van der Waals surface area contributed by atoms with Crippen LogP contribution in [0.2, 0.25) is 0 Å². The molecule has 0 spiro atoms. The number of nitrogens with zero attached hydrogens (tertiary/aromatic N) is 3. The maximum atomic E-state index is 5.43. The first-order valence-electron chi connectivity index (χ1n) is 4.38. The van der Waals surface area contributed by atoms with Crippen LogP contribution in [0.15, 0.2) is 15.4 Å². The summed E-state index contributed by atoms with van der Waals surface area (Å²) in [6.45, 7) is 2.49. The van der Waals surface area contributed by atoms with Crippen molar-refractivity contribution in [2.75, 3.05) is 6.54 Å². The second-order valence-corrected chi connectivity index (χ2v) is 3.85. The van der Waals surface area contributed by atoms with Crippen molar-refractivity contribution >= 4 is 23.3 Å². The van der Waals surface area contributed by atoms with E-state index in [9.17, 15) is 0 Å². The molecule has 0 amide bonds. The van der Waals surface area contributed by atoms with Crippen molar-refractivity contribution < 1.29 is 0 Å². The van der Waals surface area contributed by atoms with Crippen molar-refractivity contribution in [3.63, 3.8) is 0 Å². The van der Waals surface area contributed by atoms with Gasteiger partial charge in [0.1, 0.15) is 0 Å². The number of hydrogen-bond donors (Lipinski definition) is 3.